The molecule has 0 aliphatic carbocycles. The lowest BCUT2D eigenvalue weighted by molar-refractivity contribution is -0.113. The van der Waals surface area contributed by atoms with Gasteiger partial charge in [0.15, 0.2) is 17.3 Å². The summed E-state index contributed by atoms with van der Waals surface area (Å²) in [6, 6.07) is 5.65. The van der Waals surface area contributed by atoms with Gasteiger partial charge in [-0.2, -0.15) is 0 Å². The van der Waals surface area contributed by atoms with Crippen LogP contribution in [0.1, 0.15) is 18.9 Å². The summed E-state index contributed by atoms with van der Waals surface area (Å²) >= 11 is 0. The van der Waals surface area contributed by atoms with Gasteiger partial charge in [0.25, 0.3) is 0 Å². The fourth-order valence-corrected chi connectivity index (χ4v) is 2.15. The third-order valence-corrected chi connectivity index (χ3v) is 2.99. The maximum atomic E-state index is 11.4. The molecule has 0 fully saturated rings. The van der Waals surface area contributed by atoms with Crippen molar-refractivity contribution in [2.75, 3.05) is 13.3 Å². The second-order valence-electron chi connectivity index (χ2n) is 4.69. The monoisotopic (exact) mass is 270 g/mol. The van der Waals surface area contributed by atoms with Gasteiger partial charge in [0.05, 0.1) is 13.0 Å². The fourth-order valence-electron chi connectivity index (χ4n) is 2.15. The van der Waals surface area contributed by atoms with Crippen LogP contribution in [0.15, 0.2) is 40.0 Å². The smallest absolute Gasteiger partial charge is 0.231 e. The standard InChI is InChI=1S/C15H14N2O3/c1-10-4-13(18)6-12(17-10)8-16-7-11-2-3-14-15(5-11)20-9-19-14/h2-5,7H,6,8-9H2,1H3. The highest BCUT2D eigenvalue weighted by molar-refractivity contribution is 6.10. The molecular weight excluding hydrogens is 256 g/mol. The predicted molar refractivity (Wildman–Crippen MR) is 75.8 cm³/mol. The second-order valence-corrected chi connectivity index (χ2v) is 4.69. The van der Waals surface area contributed by atoms with Crippen molar-refractivity contribution in [3.8, 4) is 11.5 Å². The number of hydrogen-bond donors (Lipinski definition) is 0. The van der Waals surface area contributed by atoms with Crippen LogP contribution in [-0.4, -0.2) is 31.0 Å². The first kappa shape index (κ1) is 12.6. The Kier molecular flexibility index (Phi) is 3.33. The SMILES string of the molecule is CC1=CC(=O)CC(CN=Cc2ccc3c(c2)OCO3)=N1. The average molecular weight is 270 g/mol. The molecule has 2 heterocycles. The van der Waals surface area contributed by atoms with E-state index in [1.54, 1.807) is 12.3 Å². The Morgan fingerprint density at radius 3 is 3.05 bits per heavy atom. The highest BCUT2D eigenvalue weighted by Crippen LogP contribution is 2.31. The van der Waals surface area contributed by atoms with Crippen molar-refractivity contribution >= 4 is 17.7 Å². The molecule has 0 spiro atoms. The van der Waals surface area contributed by atoms with Crippen LogP contribution in [0.2, 0.25) is 0 Å². The number of allylic oxidation sites excluding steroid dienone is 2. The second kappa shape index (κ2) is 5.28. The molecule has 5 heteroatoms. The van der Waals surface area contributed by atoms with Gasteiger partial charge >= 0.3 is 0 Å². The molecule has 102 valence electrons. The number of rotatable bonds is 3. The van der Waals surface area contributed by atoms with E-state index in [4.69, 9.17) is 9.47 Å². The number of carbonyl (C=O) groups excluding carboxylic acids is 1. The summed E-state index contributed by atoms with van der Waals surface area (Å²) in [5.41, 5.74) is 2.48. The molecule has 0 radical (unpaired) electrons. The first-order chi connectivity index (χ1) is 9.70. The lowest BCUT2D eigenvalue weighted by atomic mass is 10.1. The topological polar surface area (TPSA) is 60.2 Å². The first-order valence-electron chi connectivity index (χ1n) is 6.38. The Morgan fingerprint density at radius 2 is 2.20 bits per heavy atom. The van der Waals surface area contributed by atoms with Gasteiger partial charge in [-0.05, 0) is 30.7 Å². The Hall–Kier alpha value is -2.43. The lowest BCUT2D eigenvalue weighted by Gasteiger charge is -2.07. The average Bonchev–Trinajstić information content (AvgIpc) is 2.85. The summed E-state index contributed by atoms with van der Waals surface area (Å²) in [5, 5.41) is 0. The van der Waals surface area contributed by atoms with Gasteiger partial charge in [-0.15, -0.1) is 0 Å². The number of aliphatic imine (C=N–C) groups is 2. The molecular formula is C15H14N2O3. The van der Waals surface area contributed by atoms with Crippen LogP contribution in [-0.2, 0) is 4.79 Å². The molecule has 20 heavy (non-hydrogen) atoms. The predicted octanol–water partition coefficient (Wildman–Crippen LogP) is 2.15. The van der Waals surface area contributed by atoms with Gasteiger partial charge in [0.1, 0.15) is 0 Å². The zero-order chi connectivity index (χ0) is 13.9. The molecule has 2 aliphatic heterocycles. The van der Waals surface area contributed by atoms with Crippen molar-refractivity contribution in [3.05, 3.63) is 35.5 Å². The van der Waals surface area contributed by atoms with Crippen LogP contribution in [0.5, 0.6) is 11.5 Å². The van der Waals surface area contributed by atoms with Crippen LogP contribution >= 0.6 is 0 Å². The minimum atomic E-state index is 0.0887. The number of benzene rings is 1. The van der Waals surface area contributed by atoms with Crippen LogP contribution in [0.25, 0.3) is 0 Å². The van der Waals surface area contributed by atoms with Crippen molar-refractivity contribution < 1.29 is 14.3 Å². The molecule has 5 nitrogen and oxygen atoms in total. The molecule has 0 saturated heterocycles. The first-order valence-corrected chi connectivity index (χ1v) is 6.38. The molecule has 2 aliphatic rings. The molecule has 0 amide bonds. The maximum Gasteiger partial charge on any atom is 0.231 e. The largest absolute Gasteiger partial charge is 0.454 e. The highest BCUT2D eigenvalue weighted by atomic mass is 16.7. The number of fused-ring (bicyclic) bond motifs is 1. The van der Waals surface area contributed by atoms with E-state index < -0.39 is 0 Å². The molecule has 1 aromatic rings. The van der Waals surface area contributed by atoms with E-state index in [-0.39, 0.29) is 12.6 Å². The summed E-state index contributed by atoms with van der Waals surface area (Å²) in [5.74, 6) is 1.58. The number of hydrogen-bond acceptors (Lipinski definition) is 5. The normalized spacial score (nSPS) is 17.4. The zero-order valence-corrected chi connectivity index (χ0v) is 11.1. The van der Waals surface area contributed by atoms with Gasteiger partial charge < -0.3 is 9.47 Å². The van der Waals surface area contributed by atoms with Crippen molar-refractivity contribution in [2.45, 2.75) is 13.3 Å². The minimum Gasteiger partial charge on any atom is -0.454 e. The molecule has 1 aromatic carbocycles. The Labute approximate surface area is 116 Å². The molecule has 0 N–H and O–H groups in total. The maximum absolute atomic E-state index is 11.4. The zero-order valence-electron chi connectivity index (χ0n) is 11.1. The van der Waals surface area contributed by atoms with Crippen molar-refractivity contribution in [1.29, 1.82) is 0 Å². The number of ether oxygens (including phenoxy) is 2. The quantitative estimate of drug-likeness (QED) is 0.791. The molecule has 3 rings (SSSR count). The van der Waals surface area contributed by atoms with Gasteiger partial charge in [0, 0.05) is 23.7 Å². The fraction of sp³-hybridized carbons (Fsp3) is 0.267. The van der Waals surface area contributed by atoms with E-state index in [1.807, 2.05) is 25.1 Å². The summed E-state index contributed by atoms with van der Waals surface area (Å²) in [6.07, 6.45) is 3.67. The Balaban J connectivity index is 1.66. The summed E-state index contributed by atoms with van der Waals surface area (Å²) in [6.45, 7) is 2.52. The van der Waals surface area contributed by atoms with Crippen LogP contribution in [0, 0.1) is 0 Å². The van der Waals surface area contributed by atoms with Crippen molar-refractivity contribution in [1.82, 2.24) is 0 Å². The van der Waals surface area contributed by atoms with Gasteiger partial charge in [-0.3, -0.25) is 14.8 Å². The molecule has 0 atom stereocenters. The number of ketones is 1. The molecule has 0 aromatic heterocycles. The van der Waals surface area contributed by atoms with Crippen LogP contribution in [0.3, 0.4) is 0 Å². The molecule has 0 bridgehead atoms. The molecule has 0 saturated carbocycles. The minimum absolute atomic E-state index is 0.0887. The number of carbonyl (C=O) groups is 1. The Morgan fingerprint density at radius 1 is 1.35 bits per heavy atom. The van der Waals surface area contributed by atoms with Gasteiger partial charge in [-0.1, -0.05) is 0 Å². The van der Waals surface area contributed by atoms with Crippen LogP contribution < -0.4 is 9.47 Å². The lowest BCUT2D eigenvalue weighted by Crippen LogP contribution is -2.13. The van der Waals surface area contributed by atoms with E-state index >= 15 is 0 Å². The Bertz CT molecular complexity index is 645. The van der Waals surface area contributed by atoms with E-state index in [2.05, 4.69) is 9.98 Å². The van der Waals surface area contributed by atoms with E-state index in [0.29, 0.717) is 13.0 Å². The summed E-state index contributed by atoms with van der Waals surface area (Å²) in [4.78, 5) is 20.1. The highest BCUT2D eigenvalue weighted by Gasteiger charge is 2.13. The molecule has 0 unspecified atom stereocenters. The third-order valence-electron chi connectivity index (χ3n) is 2.99. The van der Waals surface area contributed by atoms with Gasteiger partial charge in [0.2, 0.25) is 6.79 Å². The van der Waals surface area contributed by atoms with E-state index in [0.717, 1.165) is 28.5 Å². The third kappa shape index (κ3) is 2.77. The van der Waals surface area contributed by atoms with Gasteiger partial charge in [-0.25, -0.2) is 0 Å². The summed E-state index contributed by atoms with van der Waals surface area (Å²) < 4.78 is 10.6. The number of nitrogens with zero attached hydrogens (tertiary/aromatic N) is 2. The summed E-state index contributed by atoms with van der Waals surface area (Å²) in [7, 11) is 0. The van der Waals surface area contributed by atoms with E-state index in [1.165, 1.54) is 0 Å². The van der Waals surface area contributed by atoms with E-state index in [9.17, 15) is 4.79 Å². The van der Waals surface area contributed by atoms with Crippen molar-refractivity contribution in [2.24, 2.45) is 9.98 Å². The van der Waals surface area contributed by atoms with Crippen LogP contribution in [0.4, 0.5) is 0 Å². The van der Waals surface area contributed by atoms with Crippen molar-refractivity contribution in [3.63, 3.8) is 0 Å².